The molecule has 4 fully saturated rings. The highest BCUT2D eigenvalue weighted by Crippen LogP contribution is 2.59. The molecule has 0 saturated heterocycles. The molecule has 0 spiro atoms. The van der Waals surface area contributed by atoms with Crippen molar-refractivity contribution >= 4 is 17.0 Å². The van der Waals surface area contributed by atoms with Crippen LogP contribution < -0.4 is 5.73 Å². The molecule has 110 valence electrons. The molecule has 1 heterocycles. The Bertz CT molecular complexity index is 698. The number of halogens is 1. The van der Waals surface area contributed by atoms with Crippen molar-refractivity contribution in [2.75, 3.05) is 5.73 Å². The van der Waals surface area contributed by atoms with Gasteiger partial charge >= 0.3 is 0 Å². The van der Waals surface area contributed by atoms with Gasteiger partial charge in [-0.15, -0.1) is 0 Å². The van der Waals surface area contributed by atoms with Gasteiger partial charge in [-0.25, -0.2) is 9.37 Å². The Kier molecular flexibility index (Phi) is 2.17. The normalized spacial score (nSPS) is 37.5. The number of aromatic nitrogens is 2. The minimum absolute atomic E-state index is 0.0986. The number of hydrogen-bond acceptors (Lipinski definition) is 2. The molecule has 0 amide bonds. The topological polar surface area (TPSA) is 43.8 Å². The first-order valence-corrected chi connectivity index (χ1v) is 8.07. The Hall–Kier alpha value is -1.58. The lowest BCUT2D eigenvalue weighted by Gasteiger charge is -2.57. The smallest absolute Gasteiger partial charge is 0.201 e. The highest BCUT2D eigenvalue weighted by molar-refractivity contribution is 5.78. The maximum Gasteiger partial charge on any atom is 0.201 e. The number of hydrogen-bond donors (Lipinski definition) is 1. The van der Waals surface area contributed by atoms with Crippen molar-refractivity contribution in [2.45, 2.75) is 44.1 Å². The van der Waals surface area contributed by atoms with E-state index in [0.717, 1.165) is 28.8 Å². The van der Waals surface area contributed by atoms with E-state index in [0.29, 0.717) is 5.95 Å². The molecule has 4 saturated carbocycles. The van der Waals surface area contributed by atoms with E-state index in [9.17, 15) is 4.39 Å². The maximum atomic E-state index is 13.7. The summed E-state index contributed by atoms with van der Waals surface area (Å²) in [6.45, 7) is 0. The number of nitrogens with zero attached hydrogens (tertiary/aromatic N) is 2. The standard InChI is InChI=1S/C17H20FN3/c18-13-1-2-14-15(6-13)21(16(19)20-14)17-7-10-3-11(8-17)5-12(4-10)9-17/h1-2,6,10-12H,3-5,7-9H2,(H2,19,20). The van der Waals surface area contributed by atoms with E-state index in [2.05, 4.69) is 9.55 Å². The number of benzene rings is 1. The second-order valence-electron chi connectivity index (χ2n) is 7.58. The summed E-state index contributed by atoms with van der Waals surface area (Å²) < 4.78 is 15.9. The van der Waals surface area contributed by atoms with Crippen LogP contribution in [0, 0.1) is 23.6 Å². The van der Waals surface area contributed by atoms with Crippen LogP contribution in [-0.4, -0.2) is 9.55 Å². The highest BCUT2D eigenvalue weighted by atomic mass is 19.1. The third kappa shape index (κ3) is 1.56. The molecule has 2 N–H and O–H groups in total. The van der Waals surface area contributed by atoms with E-state index in [1.165, 1.54) is 44.6 Å². The third-order valence-electron chi connectivity index (χ3n) is 6.12. The monoisotopic (exact) mass is 285 g/mol. The van der Waals surface area contributed by atoms with Gasteiger partial charge in [-0.2, -0.15) is 0 Å². The van der Waals surface area contributed by atoms with Crippen LogP contribution in [0.5, 0.6) is 0 Å². The lowest BCUT2D eigenvalue weighted by atomic mass is 9.53. The Morgan fingerprint density at radius 1 is 1.10 bits per heavy atom. The zero-order chi connectivity index (χ0) is 14.2. The van der Waals surface area contributed by atoms with Gasteiger partial charge in [0.1, 0.15) is 5.82 Å². The maximum absolute atomic E-state index is 13.7. The summed E-state index contributed by atoms with van der Waals surface area (Å²) in [6.07, 6.45) is 7.77. The Morgan fingerprint density at radius 2 is 1.71 bits per heavy atom. The molecule has 0 atom stereocenters. The van der Waals surface area contributed by atoms with Gasteiger partial charge in [0.25, 0.3) is 0 Å². The summed E-state index contributed by atoms with van der Waals surface area (Å²) >= 11 is 0. The van der Waals surface area contributed by atoms with Crippen LogP contribution >= 0.6 is 0 Å². The fraction of sp³-hybridized carbons (Fsp3) is 0.588. The van der Waals surface area contributed by atoms with Gasteiger partial charge in [-0.1, -0.05) is 0 Å². The van der Waals surface area contributed by atoms with Crippen molar-refractivity contribution in [3.63, 3.8) is 0 Å². The van der Waals surface area contributed by atoms with E-state index < -0.39 is 0 Å². The number of anilines is 1. The first kappa shape index (κ1) is 12.0. The predicted molar refractivity (Wildman–Crippen MR) is 80.2 cm³/mol. The SMILES string of the molecule is Nc1nc2ccc(F)cc2n1C12CC3CC(CC(C3)C1)C2. The molecule has 4 aliphatic carbocycles. The number of rotatable bonds is 1. The molecule has 3 nitrogen and oxygen atoms in total. The Morgan fingerprint density at radius 3 is 2.33 bits per heavy atom. The molecular formula is C17H20FN3. The number of imidazole rings is 1. The molecule has 6 rings (SSSR count). The molecular weight excluding hydrogens is 265 g/mol. The zero-order valence-electron chi connectivity index (χ0n) is 12.1. The van der Waals surface area contributed by atoms with Gasteiger partial charge in [-0.05, 0) is 74.5 Å². The average Bonchev–Trinajstić information content (AvgIpc) is 2.72. The zero-order valence-corrected chi connectivity index (χ0v) is 12.1. The van der Waals surface area contributed by atoms with Gasteiger partial charge in [-0.3, -0.25) is 0 Å². The first-order valence-electron chi connectivity index (χ1n) is 8.07. The summed E-state index contributed by atoms with van der Waals surface area (Å²) in [6, 6.07) is 4.83. The van der Waals surface area contributed by atoms with E-state index in [1.54, 1.807) is 12.1 Å². The summed E-state index contributed by atoms with van der Waals surface area (Å²) in [7, 11) is 0. The summed E-state index contributed by atoms with van der Waals surface area (Å²) in [5.74, 6) is 2.87. The van der Waals surface area contributed by atoms with Crippen LogP contribution in [-0.2, 0) is 5.54 Å². The molecule has 4 heteroatoms. The average molecular weight is 285 g/mol. The van der Waals surface area contributed by atoms with Crippen LogP contribution in [0.3, 0.4) is 0 Å². The van der Waals surface area contributed by atoms with Gasteiger partial charge in [0.2, 0.25) is 5.95 Å². The molecule has 0 unspecified atom stereocenters. The first-order chi connectivity index (χ1) is 10.1. The fourth-order valence-corrected chi connectivity index (χ4v) is 5.90. The van der Waals surface area contributed by atoms with Crippen LogP contribution in [0.25, 0.3) is 11.0 Å². The van der Waals surface area contributed by atoms with Crippen LogP contribution in [0.1, 0.15) is 38.5 Å². The van der Waals surface area contributed by atoms with E-state index >= 15 is 0 Å². The van der Waals surface area contributed by atoms with Crippen molar-refractivity contribution in [3.05, 3.63) is 24.0 Å². The minimum atomic E-state index is -0.201. The second kappa shape index (κ2) is 3.79. The minimum Gasteiger partial charge on any atom is -0.369 e. The lowest BCUT2D eigenvalue weighted by Crippen LogP contribution is -2.52. The van der Waals surface area contributed by atoms with Gasteiger partial charge in [0, 0.05) is 5.54 Å². The number of fused-ring (bicyclic) bond motifs is 1. The molecule has 4 bridgehead atoms. The van der Waals surface area contributed by atoms with E-state index in [4.69, 9.17) is 5.73 Å². The number of nitrogen functional groups attached to an aromatic ring is 1. The lowest BCUT2D eigenvalue weighted by molar-refractivity contribution is -0.0398. The Balaban J connectivity index is 1.73. The number of nitrogens with two attached hydrogens (primary N) is 1. The van der Waals surface area contributed by atoms with Crippen molar-refractivity contribution in [1.29, 1.82) is 0 Å². The van der Waals surface area contributed by atoms with Crippen molar-refractivity contribution in [3.8, 4) is 0 Å². The molecule has 1 aromatic heterocycles. The van der Waals surface area contributed by atoms with E-state index in [1.807, 2.05) is 0 Å². The van der Waals surface area contributed by atoms with Crippen LogP contribution in [0.15, 0.2) is 18.2 Å². The van der Waals surface area contributed by atoms with Gasteiger partial charge in [0.15, 0.2) is 0 Å². The fourth-order valence-electron chi connectivity index (χ4n) is 5.90. The highest BCUT2D eigenvalue weighted by Gasteiger charge is 2.52. The van der Waals surface area contributed by atoms with Crippen LogP contribution in [0.2, 0.25) is 0 Å². The summed E-state index contributed by atoms with van der Waals surface area (Å²) in [5, 5.41) is 0. The third-order valence-corrected chi connectivity index (χ3v) is 6.12. The second-order valence-corrected chi connectivity index (χ2v) is 7.58. The predicted octanol–water partition coefficient (Wildman–Crippen LogP) is 3.68. The van der Waals surface area contributed by atoms with Crippen molar-refractivity contribution in [1.82, 2.24) is 9.55 Å². The molecule has 0 aliphatic heterocycles. The molecule has 21 heavy (non-hydrogen) atoms. The van der Waals surface area contributed by atoms with Gasteiger partial charge < -0.3 is 10.3 Å². The molecule has 2 aromatic rings. The molecule has 1 aromatic carbocycles. The summed E-state index contributed by atoms with van der Waals surface area (Å²) in [4.78, 5) is 4.49. The molecule has 0 radical (unpaired) electrons. The van der Waals surface area contributed by atoms with Gasteiger partial charge in [0.05, 0.1) is 11.0 Å². The molecule has 4 aliphatic rings. The van der Waals surface area contributed by atoms with E-state index in [-0.39, 0.29) is 11.4 Å². The summed E-state index contributed by atoms with van der Waals surface area (Å²) in [5.41, 5.74) is 8.06. The largest absolute Gasteiger partial charge is 0.369 e. The van der Waals surface area contributed by atoms with Crippen molar-refractivity contribution in [2.24, 2.45) is 17.8 Å². The quantitative estimate of drug-likeness (QED) is 0.868. The van der Waals surface area contributed by atoms with Crippen molar-refractivity contribution < 1.29 is 4.39 Å². The van der Waals surface area contributed by atoms with Crippen LogP contribution in [0.4, 0.5) is 10.3 Å². The Labute approximate surface area is 123 Å².